The first-order chi connectivity index (χ1) is 15.6. The molecule has 0 saturated carbocycles. The van der Waals surface area contributed by atoms with Gasteiger partial charge >= 0.3 is 0 Å². The third kappa shape index (κ3) is 3.76. The van der Waals surface area contributed by atoms with Gasteiger partial charge in [0.1, 0.15) is 11.6 Å². The average Bonchev–Trinajstić information content (AvgIpc) is 3.46. The van der Waals surface area contributed by atoms with Crippen molar-refractivity contribution in [2.24, 2.45) is 0 Å². The normalized spacial score (nSPS) is 11.1. The molecule has 0 aliphatic heterocycles. The van der Waals surface area contributed by atoms with E-state index in [0.29, 0.717) is 12.2 Å². The van der Waals surface area contributed by atoms with Crippen molar-refractivity contribution in [2.45, 2.75) is 6.54 Å². The molecule has 5 rings (SSSR count). The Kier molecular flexibility index (Phi) is 4.99. The van der Waals surface area contributed by atoms with Crippen molar-refractivity contribution in [3.63, 3.8) is 0 Å². The summed E-state index contributed by atoms with van der Waals surface area (Å²) in [7, 11) is 1.73. The van der Waals surface area contributed by atoms with Gasteiger partial charge in [0.25, 0.3) is 5.91 Å². The minimum absolute atomic E-state index is 0.178. The van der Waals surface area contributed by atoms with E-state index in [4.69, 9.17) is 0 Å². The monoisotopic (exact) mass is 425 g/mol. The van der Waals surface area contributed by atoms with Gasteiger partial charge in [0.2, 0.25) is 0 Å². The number of carbonyl (C=O) groups excluding carboxylic acids is 1. The Bertz CT molecular complexity index is 1390. The highest BCUT2D eigenvalue weighted by Crippen LogP contribution is 2.23. The molecule has 4 heterocycles. The lowest BCUT2D eigenvalue weighted by atomic mass is 10.1. The van der Waals surface area contributed by atoms with E-state index in [1.54, 1.807) is 47.2 Å². The van der Waals surface area contributed by atoms with E-state index in [0.717, 1.165) is 28.2 Å². The van der Waals surface area contributed by atoms with Gasteiger partial charge in [-0.2, -0.15) is 5.10 Å². The van der Waals surface area contributed by atoms with Crippen LogP contribution in [0.4, 0.5) is 4.39 Å². The first kappa shape index (κ1) is 19.7. The van der Waals surface area contributed by atoms with Crippen LogP contribution in [0.25, 0.3) is 22.5 Å². The minimum atomic E-state index is -0.266. The Balaban J connectivity index is 1.43. The third-order valence-electron chi connectivity index (χ3n) is 5.32. The number of halogens is 1. The molecule has 5 aromatic rings. The predicted octanol–water partition coefficient (Wildman–Crippen LogP) is 4.60. The predicted molar refractivity (Wildman–Crippen MR) is 120 cm³/mol. The molecule has 1 aromatic carbocycles. The van der Waals surface area contributed by atoms with Gasteiger partial charge in [-0.05, 0) is 59.7 Å². The molecule has 0 saturated heterocycles. The topological polar surface area (TPSA) is 55.4 Å². The molecule has 0 N–H and O–H groups in total. The Morgan fingerprint density at radius 2 is 1.75 bits per heavy atom. The van der Waals surface area contributed by atoms with E-state index < -0.39 is 0 Å². The highest BCUT2D eigenvalue weighted by molar-refractivity contribution is 5.92. The van der Waals surface area contributed by atoms with Crippen LogP contribution in [0.1, 0.15) is 16.2 Å². The highest BCUT2D eigenvalue weighted by Gasteiger charge is 2.17. The maximum atomic E-state index is 13.3. The molecular weight excluding hydrogens is 405 g/mol. The molecule has 0 aliphatic carbocycles. The van der Waals surface area contributed by atoms with Crippen molar-refractivity contribution < 1.29 is 9.18 Å². The van der Waals surface area contributed by atoms with E-state index in [-0.39, 0.29) is 11.7 Å². The van der Waals surface area contributed by atoms with Gasteiger partial charge in [-0.15, -0.1) is 0 Å². The maximum Gasteiger partial charge on any atom is 0.274 e. The lowest BCUT2D eigenvalue weighted by Gasteiger charge is -2.15. The van der Waals surface area contributed by atoms with Crippen molar-refractivity contribution in [3.05, 3.63) is 109 Å². The van der Waals surface area contributed by atoms with Gasteiger partial charge in [-0.25, -0.2) is 9.07 Å². The summed E-state index contributed by atoms with van der Waals surface area (Å²) >= 11 is 0. The van der Waals surface area contributed by atoms with Crippen molar-refractivity contribution in [2.75, 3.05) is 7.05 Å². The Hall–Kier alpha value is -4.26. The number of nitrogens with zero attached hydrogens (tertiary/aromatic N) is 5. The number of aromatic nitrogens is 4. The summed E-state index contributed by atoms with van der Waals surface area (Å²) in [6.07, 6.45) is 5.46. The molecule has 32 heavy (non-hydrogen) atoms. The number of rotatable bonds is 5. The highest BCUT2D eigenvalue weighted by atomic mass is 19.1. The first-order valence-corrected chi connectivity index (χ1v) is 10.2. The van der Waals surface area contributed by atoms with Gasteiger partial charge in [-0.3, -0.25) is 9.78 Å². The average molecular weight is 425 g/mol. The quantitative estimate of drug-likeness (QED) is 0.414. The van der Waals surface area contributed by atoms with Gasteiger partial charge in [0, 0.05) is 31.2 Å². The van der Waals surface area contributed by atoms with Gasteiger partial charge in [0.15, 0.2) is 5.69 Å². The van der Waals surface area contributed by atoms with E-state index in [1.165, 1.54) is 12.1 Å². The van der Waals surface area contributed by atoms with Crippen molar-refractivity contribution in [3.8, 4) is 16.9 Å². The molecule has 0 atom stereocenters. The smallest absolute Gasteiger partial charge is 0.274 e. The van der Waals surface area contributed by atoms with Gasteiger partial charge in [0.05, 0.1) is 12.2 Å². The molecule has 7 heteroatoms. The lowest BCUT2D eigenvalue weighted by Crippen LogP contribution is -2.27. The van der Waals surface area contributed by atoms with Crippen LogP contribution >= 0.6 is 0 Å². The molecule has 6 nitrogen and oxygen atoms in total. The molecule has 0 aliphatic rings. The molecule has 0 bridgehead atoms. The second-order valence-corrected chi connectivity index (χ2v) is 7.54. The van der Waals surface area contributed by atoms with Crippen molar-refractivity contribution in [1.82, 2.24) is 24.1 Å². The fourth-order valence-electron chi connectivity index (χ4n) is 3.65. The second-order valence-electron chi connectivity index (χ2n) is 7.54. The standard InChI is InChI=1S/C25H20FN5O/c1-29(17-21-4-2-3-14-27-21)25(32)23-13-15-31(28-23)24-12-11-22-10-7-19(16-30(22)24)18-5-8-20(26)9-6-18/h2-16H,17H2,1H3. The molecule has 0 unspecified atom stereocenters. The SMILES string of the molecule is CN(Cc1ccccn1)C(=O)c1ccn(-c2ccc3ccc(-c4ccc(F)cc4)cn23)n1. The lowest BCUT2D eigenvalue weighted by molar-refractivity contribution is 0.0777. The van der Waals surface area contributed by atoms with Crippen LogP contribution in [0.15, 0.2) is 91.4 Å². The van der Waals surface area contributed by atoms with E-state index in [9.17, 15) is 9.18 Å². The summed E-state index contributed by atoms with van der Waals surface area (Å²) in [6, 6.07) is 21.7. The number of amides is 1. The number of fused-ring (bicyclic) bond motifs is 1. The first-order valence-electron chi connectivity index (χ1n) is 10.2. The van der Waals surface area contributed by atoms with E-state index in [2.05, 4.69) is 10.1 Å². The van der Waals surface area contributed by atoms with Crippen molar-refractivity contribution in [1.29, 1.82) is 0 Å². The summed E-state index contributed by atoms with van der Waals surface area (Å²) in [5.74, 6) is 0.357. The second kappa shape index (κ2) is 8.11. The van der Waals surface area contributed by atoms with Crippen LogP contribution in [0.5, 0.6) is 0 Å². The van der Waals surface area contributed by atoms with Crippen LogP contribution in [-0.4, -0.2) is 37.0 Å². The Morgan fingerprint density at radius 3 is 2.53 bits per heavy atom. The summed E-state index contributed by atoms with van der Waals surface area (Å²) < 4.78 is 17.0. The molecular formula is C25H20FN5O. The fraction of sp³-hybridized carbons (Fsp3) is 0.0800. The van der Waals surface area contributed by atoms with Crippen LogP contribution in [0.3, 0.4) is 0 Å². The summed E-state index contributed by atoms with van der Waals surface area (Å²) in [5, 5.41) is 4.51. The Morgan fingerprint density at radius 1 is 0.969 bits per heavy atom. The molecule has 0 fully saturated rings. The third-order valence-corrected chi connectivity index (χ3v) is 5.32. The van der Waals surface area contributed by atoms with Gasteiger partial charge < -0.3 is 9.30 Å². The molecule has 1 amide bonds. The van der Waals surface area contributed by atoms with Crippen molar-refractivity contribution >= 4 is 11.4 Å². The van der Waals surface area contributed by atoms with Crippen LogP contribution < -0.4 is 0 Å². The van der Waals surface area contributed by atoms with Gasteiger partial charge in [-0.1, -0.05) is 24.3 Å². The fourth-order valence-corrected chi connectivity index (χ4v) is 3.65. The Labute approximate surface area is 184 Å². The number of pyridine rings is 2. The zero-order valence-electron chi connectivity index (χ0n) is 17.4. The molecule has 158 valence electrons. The van der Waals surface area contributed by atoms with E-state index >= 15 is 0 Å². The summed E-state index contributed by atoms with van der Waals surface area (Å²) in [4.78, 5) is 18.7. The van der Waals surface area contributed by atoms with Crippen LogP contribution in [-0.2, 0) is 6.54 Å². The maximum absolute atomic E-state index is 13.3. The molecule has 0 spiro atoms. The number of benzene rings is 1. The minimum Gasteiger partial charge on any atom is -0.334 e. The molecule has 4 aromatic heterocycles. The van der Waals surface area contributed by atoms with Crippen LogP contribution in [0, 0.1) is 5.82 Å². The number of carbonyl (C=O) groups is 1. The summed E-state index contributed by atoms with van der Waals surface area (Å²) in [5.41, 5.74) is 4.03. The summed E-state index contributed by atoms with van der Waals surface area (Å²) in [6.45, 7) is 0.404. The zero-order valence-corrected chi connectivity index (χ0v) is 17.4. The molecule has 0 radical (unpaired) electrons. The zero-order chi connectivity index (χ0) is 22.1. The number of hydrogen-bond acceptors (Lipinski definition) is 3. The van der Waals surface area contributed by atoms with E-state index in [1.807, 2.05) is 53.1 Å². The van der Waals surface area contributed by atoms with Crippen LogP contribution in [0.2, 0.25) is 0 Å². The largest absolute Gasteiger partial charge is 0.334 e. The number of hydrogen-bond donors (Lipinski definition) is 0.